The van der Waals surface area contributed by atoms with Crippen LogP contribution in [-0.2, 0) is 0 Å². The summed E-state index contributed by atoms with van der Waals surface area (Å²) in [6.45, 7) is 6.58. The first-order chi connectivity index (χ1) is 7.89. The molecule has 0 fully saturated rings. The minimum Gasteiger partial charge on any atom is -0.479 e. The first kappa shape index (κ1) is 13.5. The number of nitrogen functional groups attached to an aromatic ring is 1. The minimum absolute atomic E-state index is 0.351. The van der Waals surface area contributed by atoms with Gasteiger partial charge in [-0.3, -0.25) is 0 Å². The van der Waals surface area contributed by atoms with Gasteiger partial charge in [0.25, 0.3) is 0 Å². The highest BCUT2D eigenvalue weighted by Crippen LogP contribution is 2.28. The Hall–Kier alpha value is -1.56. The third-order valence-corrected chi connectivity index (χ3v) is 2.28. The van der Waals surface area contributed by atoms with Gasteiger partial charge in [0.15, 0.2) is 5.82 Å². The Morgan fingerprint density at radius 3 is 2.59 bits per heavy atom. The summed E-state index contributed by atoms with van der Waals surface area (Å²) < 4.78 is 5.05. The maximum atomic E-state index is 9.84. The number of nitrogens with two attached hydrogens (primary N) is 1. The van der Waals surface area contributed by atoms with Crippen molar-refractivity contribution < 1.29 is 9.84 Å². The average Bonchev–Trinajstić information content (AvgIpc) is 2.25. The van der Waals surface area contributed by atoms with Crippen LogP contribution in [0.2, 0.25) is 0 Å². The van der Waals surface area contributed by atoms with Gasteiger partial charge in [-0.15, -0.1) is 0 Å². The van der Waals surface area contributed by atoms with Gasteiger partial charge in [-0.05, 0) is 20.8 Å². The van der Waals surface area contributed by atoms with Gasteiger partial charge in [-0.2, -0.15) is 4.98 Å². The number of anilines is 2. The zero-order valence-electron chi connectivity index (χ0n) is 10.8. The van der Waals surface area contributed by atoms with Crippen LogP contribution in [0.3, 0.4) is 0 Å². The fourth-order valence-corrected chi connectivity index (χ4v) is 1.59. The molecular weight excluding hydrogens is 220 g/mol. The second-order valence-electron chi connectivity index (χ2n) is 4.45. The smallest absolute Gasteiger partial charge is 0.242 e. The van der Waals surface area contributed by atoms with Crippen molar-refractivity contribution in [3.63, 3.8) is 0 Å². The van der Waals surface area contributed by atoms with E-state index in [1.807, 2.05) is 11.8 Å². The number of rotatable bonds is 5. The van der Waals surface area contributed by atoms with Gasteiger partial charge in [0.05, 0.1) is 12.7 Å². The molecule has 0 atom stereocenters. The second-order valence-corrected chi connectivity index (χ2v) is 4.45. The molecule has 6 heteroatoms. The Morgan fingerprint density at radius 1 is 1.47 bits per heavy atom. The van der Waals surface area contributed by atoms with Crippen molar-refractivity contribution in [2.75, 3.05) is 30.8 Å². The highest BCUT2D eigenvalue weighted by Gasteiger charge is 2.21. The van der Waals surface area contributed by atoms with Crippen molar-refractivity contribution in [3.05, 3.63) is 6.33 Å². The molecule has 1 aromatic rings. The summed E-state index contributed by atoms with van der Waals surface area (Å²) in [4.78, 5) is 9.95. The molecule has 0 aromatic carbocycles. The molecule has 0 aliphatic rings. The molecular formula is C11H20N4O2. The Morgan fingerprint density at radius 2 is 2.12 bits per heavy atom. The zero-order chi connectivity index (χ0) is 13.1. The maximum Gasteiger partial charge on any atom is 0.242 e. The quantitative estimate of drug-likeness (QED) is 0.786. The fourth-order valence-electron chi connectivity index (χ4n) is 1.59. The SMILES string of the molecule is CCN(CC(C)(C)O)c1ncnc(OC)c1N. The van der Waals surface area contributed by atoms with Crippen LogP contribution >= 0.6 is 0 Å². The zero-order valence-corrected chi connectivity index (χ0v) is 10.8. The van der Waals surface area contributed by atoms with Gasteiger partial charge in [-0.25, -0.2) is 4.98 Å². The summed E-state index contributed by atoms with van der Waals surface area (Å²) in [5.74, 6) is 0.936. The molecule has 0 spiro atoms. The third kappa shape index (κ3) is 3.45. The summed E-state index contributed by atoms with van der Waals surface area (Å²) in [6, 6.07) is 0. The lowest BCUT2D eigenvalue weighted by Gasteiger charge is -2.29. The van der Waals surface area contributed by atoms with E-state index in [-0.39, 0.29) is 0 Å². The Balaban J connectivity index is 3.04. The van der Waals surface area contributed by atoms with Crippen molar-refractivity contribution in [1.29, 1.82) is 0 Å². The van der Waals surface area contributed by atoms with Crippen LogP contribution in [0, 0.1) is 0 Å². The molecule has 96 valence electrons. The minimum atomic E-state index is -0.819. The largest absolute Gasteiger partial charge is 0.479 e. The van der Waals surface area contributed by atoms with Gasteiger partial charge in [0.2, 0.25) is 5.88 Å². The molecule has 0 bridgehead atoms. The van der Waals surface area contributed by atoms with Crippen molar-refractivity contribution in [2.45, 2.75) is 26.4 Å². The highest BCUT2D eigenvalue weighted by molar-refractivity contribution is 5.67. The van der Waals surface area contributed by atoms with Gasteiger partial charge < -0.3 is 20.5 Å². The molecule has 6 nitrogen and oxygen atoms in total. The Labute approximate surface area is 101 Å². The molecule has 0 unspecified atom stereocenters. The van der Waals surface area contributed by atoms with Crippen LogP contribution < -0.4 is 15.4 Å². The summed E-state index contributed by atoms with van der Waals surface area (Å²) in [5.41, 5.74) is 5.49. The topological polar surface area (TPSA) is 84.5 Å². The van der Waals surface area contributed by atoms with Crippen LogP contribution in [0.25, 0.3) is 0 Å². The number of hydrogen-bond acceptors (Lipinski definition) is 6. The molecule has 0 aliphatic carbocycles. The monoisotopic (exact) mass is 240 g/mol. The lowest BCUT2D eigenvalue weighted by atomic mass is 10.1. The maximum absolute atomic E-state index is 9.84. The lowest BCUT2D eigenvalue weighted by Crippen LogP contribution is -2.39. The van der Waals surface area contributed by atoms with E-state index in [0.717, 1.165) is 0 Å². The number of ether oxygens (including phenoxy) is 1. The van der Waals surface area contributed by atoms with E-state index < -0.39 is 5.60 Å². The predicted octanol–water partition coefficient (Wildman–Crippen LogP) is 0.665. The number of nitrogens with zero attached hydrogens (tertiary/aromatic N) is 3. The van der Waals surface area contributed by atoms with Crippen molar-refractivity contribution in [2.24, 2.45) is 0 Å². The van der Waals surface area contributed by atoms with Crippen molar-refractivity contribution in [3.8, 4) is 5.88 Å². The van der Waals surface area contributed by atoms with E-state index in [0.29, 0.717) is 30.5 Å². The molecule has 1 heterocycles. The van der Waals surface area contributed by atoms with Crippen molar-refractivity contribution in [1.82, 2.24) is 9.97 Å². The molecule has 3 N–H and O–H groups in total. The van der Waals surface area contributed by atoms with Gasteiger partial charge >= 0.3 is 0 Å². The van der Waals surface area contributed by atoms with E-state index in [4.69, 9.17) is 10.5 Å². The van der Waals surface area contributed by atoms with Crippen LogP contribution in [0.4, 0.5) is 11.5 Å². The van der Waals surface area contributed by atoms with E-state index in [2.05, 4.69) is 9.97 Å². The first-order valence-corrected chi connectivity index (χ1v) is 5.50. The van der Waals surface area contributed by atoms with Gasteiger partial charge in [0, 0.05) is 13.1 Å². The third-order valence-electron chi connectivity index (χ3n) is 2.28. The normalized spacial score (nSPS) is 11.4. The summed E-state index contributed by atoms with van der Waals surface area (Å²) in [6.07, 6.45) is 1.40. The first-order valence-electron chi connectivity index (χ1n) is 5.50. The molecule has 0 amide bonds. The van der Waals surface area contributed by atoms with E-state index in [1.165, 1.54) is 13.4 Å². The average molecular weight is 240 g/mol. The van der Waals surface area contributed by atoms with E-state index in [9.17, 15) is 5.11 Å². The second kappa shape index (κ2) is 5.18. The van der Waals surface area contributed by atoms with E-state index in [1.54, 1.807) is 13.8 Å². The molecule has 1 aromatic heterocycles. The highest BCUT2D eigenvalue weighted by atomic mass is 16.5. The molecule has 0 aliphatic heterocycles. The lowest BCUT2D eigenvalue weighted by molar-refractivity contribution is 0.0874. The predicted molar refractivity (Wildman–Crippen MR) is 67.2 cm³/mol. The number of hydrogen-bond donors (Lipinski definition) is 2. The molecule has 1 rings (SSSR count). The van der Waals surface area contributed by atoms with Crippen molar-refractivity contribution >= 4 is 11.5 Å². The standard InChI is InChI=1S/C11H20N4O2/c1-5-15(6-11(2,3)16)9-8(12)10(17-4)14-7-13-9/h7,16H,5-6,12H2,1-4H3. The molecule has 0 saturated heterocycles. The number of likely N-dealkylation sites (N-methyl/N-ethyl adjacent to an activating group) is 1. The molecule has 0 radical (unpaired) electrons. The number of aromatic nitrogens is 2. The fraction of sp³-hybridized carbons (Fsp3) is 0.636. The molecule has 17 heavy (non-hydrogen) atoms. The summed E-state index contributed by atoms with van der Waals surface area (Å²) in [7, 11) is 1.51. The Kier molecular flexibility index (Phi) is 4.11. The summed E-state index contributed by atoms with van der Waals surface area (Å²) >= 11 is 0. The van der Waals surface area contributed by atoms with Gasteiger partial charge in [-0.1, -0.05) is 0 Å². The van der Waals surface area contributed by atoms with Crippen LogP contribution in [0.1, 0.15) is 20.8 Å². The van der Waals surface area contributed by atoms with Crippen LogP contribution in [0.5, 0.6) is 5.88 Å². The number of aliphatic hydroxyl groups is 1. The van der Waals surface area contributed by atoms with Crippen LogP contribution in [0.15, 0.2) is 6.33 Å². The molecule has 0 saturated carbocycles. The van der Waals surface area contributed by atoms with Crippen LogP contribution in [-0.4, -0.2) is 40.9 Å². The Bertz CT molecular complexity index is 376. The summed E-state index contributed by atoms with van der Waals surface area (Å²) in [5, 5.41) is 9.84. The van der Waals surface area contributed by atoms with E-state index >= 15 is 0 Å². The van der Waals surface area contributed by atoms with Gasteiger partial charge in [0.1, 0.15) is 12.0 Å². The number of methoxy groups -OCH3 is 1.